The van der Waals surface area contributed by atoms with Gasteiger partial charge >= 0.3 is 0 Å². The van der Waals surface area contributed by atoms with Gasteiger partial charge in [-0.3, -0.25) is 4.79 Å². The molecular formula is C21H27FN2O2. The summed E-state index contributed by atoms with van der Waals surface area (Å²) in [5.74, 6) is 2.18. The molecule has 0 radical (unpaired) electrons. The van der Waals surface area contributed by atoms with Crippen LogP contribution < -0.4 is 0 Å². The highest BCUT2D eigenvalue weighted by Crippen LogP contribution is 2.22. The lowest BCUT2D eigenvalue weighted by molar-refractivity contribution is -0.131. The lowest BCUT2D eigenvalue weighted by atomic mass is 10.0. The van der Waals surface area contributed by atoms with Gasteiger partial charge in [-0.05, 0) is 38.1 Å². The van der Waals surface area contributed by atoms with E-state index in [0.717, 1.165) is 37.6 Å². The summed E-state index contributed by atoms with van der Waals surface area (Å²) in [4.78, 5) is 16.5. The smallest absolute Gasteiger partial charge is 0.224 e. The molecule has 26 heavy (non-hydrogen) atoms. The first-order valence-electron chi connectivity index (χ1n) is 9.33. The topological polar surface area (TPSA) is 36.7 Å². The molecule has 1 aliphatic rings. The highest BCUT2D eigenvalue weighted by Gasteiger charge is 2.22. The van der Waals surface area contributed by atoms with E-state index in [2.05, 4.69) is 11.8 Å². The van der Waals surface area contributed by atoms with Crippen LogP contribution in [-0.2, 0) is 11.3 Å². The maximum atomic E-state index is 13.9. The molecule has 1 amide bonds. The Morgan fingerprint density at radius 3 is 2.69 bits per heavy atom. The van der Waals surface area contributed by atoms with Crippen molar-refractivity contribution in [3.8, 4) is 0 Å². The predicted molar refractivity (Wildman–Crippen MR) is 99.4 cm³/mol. The second-order valence-corrected chi connectivity index (χ2v) is 7.14. The molecule has 2 heterocycles. The van der Waals surface area contributed by atoms with Crippen molar-refractivity contribution in [2.75, 3.05) is 26.2 Å². The minimum atomic E-state index is -0.246. The van der Waals surface area contributed by atoms with E-state index < -0.39 is 0 Å². The van der Waals surface area contributed by atoms with Gasteiger partial charge in [-0.15, -0.1) is 0 Å². The first kappa shape index (κ1) is 18.6. The Bertz CT molecular complexity index is 743. The van der Waals surface area contributed by atoms with Crippen LogP contribution in [0.4, 0.5) is 4.39 Å². The van der Waals surface area contributed by atoms with E-state index in [0.29, 0.717) is 31.0 Å². The summed E-state index contributed by atoms with van der Waals surface area (Å²) >= 11 is 0. The lowest BCUT2D eigenvalue weighted by Crippen LogP contribution is -2.33. The molecule has 1 aromatic heterocycles. The fourth-order valence-electron chi connectivity index (χ4n) is 3.37. The molecule has 1 aromatic carbocycles. The zero-order chi connectivity index (χ0) is 18.5. The van der Waals surface area contributed by atoms with E-state index >= 15 is 0 Å². The van der Waals surface area contributed by atoms with Gasteiger partial charge in [0.2, 0.25) is 5.91 Å². The maximum Gasteiger partial charge on any atom is 0.224 e. The van der Waals surface area contributed by atoms with Gasteiger partial charge in [-0.25, -0.2) is 4.39 Å². The van der Waals surface area contributed by atoms with Gasteiger partial charge in [0.15, 0.2) is 0 Å². The van der Waals surface area contributed by atoms with Crippen molar-refractivity contribution >= 4 is 5.91 Å². The van der Waals surface area contributed by atoms with Gasteiger partial charge in [0.05, 0.1) is 0 Å². The van der Waals surface area contributed by atoms with Crippen molar-refractivity contribution in [2.45, 2.75) is 39.2 Å². The standard InChI is InChI=1S/C21H27FN2O2/c1-16(20-8-7-17(2)26-20)9-11-23-12-10-21(25)24(14-13-23)15-18-5-3-4-6-19(18)22/h3-8,16H,9-15H2,1-2H3. The average molecular weight is 358 g/mol. The number of benzene rings is 1. The molecule has 0 aliphatic carbocycles. The Hall–Kier alpha value is -2.14. The van der Waals surface area contributed by atoms with Gasteiger partial charge < -0.3 is 14.2 Å². The highest BCUT2D eigenvalue weighted by atomic mass is 19.1. The zero-order valence-corrected chi connectivity index (χ0v) is 15.6. The number of nitrogens with zero attached hydrogens (tertiary/aromatic N) is 2. The molecule has 0 spiro atoms. The largest absolute Gasteiger partial charge is 0.466 e. The van der Waals surface area contributed by atoms with Crippen molar-refractivity contribution in [3.63, 3.8) is 0 Å². The van der Waals surface area contributed by atoms with Crippen LogP contribution in [-0.4, -0.2) is 41.9 Å². The second-order valence-electron chi connectivity index (χ2n) is 7.14. The Morgan fingerprint density at radius 1 is 1.15 bits per heavy atom. The number of carbonyl (C=O) groups excluding carboxylic acids is 1. The molecule has 5 heteroatoms. The van der Waals surface area contributed by atoms with Crippen molar-refractivity contribution in [1.82, 2.24) is 9.80 Å². The first-order chi connectivity index (χ1) is 12.5. The highest BCUT2D eigenvalue weighted by molar-refractivity contribution is 5.76. The minimum absolute atomic E-state index is 0.102. The van der Waals surface area contributed by atoms with Gasteiger partial charge in [0.25, 0.3) is 0 Å². The predicted octanol–water partition coefficient (Wildman–Crippen LogP) is 3.96. The summed E-state index contributed by atoms with van der Waals surface area (Å²) in [6.45, 7) is 7.64. The van der Waals surface area contributed by atoms with Gasteiger partial charge in [-0.1, -0.05) is 25.1 Å². The number of carbonyl (C=O) groups is 1. The third kappa shape index (κ3) is 4.73. The van der Waals surface area contributed by atoms with Crippen molar-refractivity contribution in [3.05, 3.63) is 59.3 Å². The fourth-order valence-corrected chi connectivity index (χ4v) is 3.37. The SMILES string of the molecule is Cc1ccc(C(C)CCN2CCC(=O)N(Cc3ccccc3F)CC2)o1. The summed E-state index contributed by atoms with van der Waals surface area (Å²) in [5, 5.41) is 0. The van der Waals surface area contributed by atoms with Crippen LogP contribution in [0.15, 0.2) is 40.8 Å². The van der Waals surface area contributed by atoms with E-state index in [4.69, 9.17) is 4.42 Å². The van der Waals surface area contributed by atoms with Crippen molar-refractivity contribution < 1.29 is 13.6 Å². The summed E-state index contributed by atoms with van der Waals surface area (Å²) < 4.78 is 19.6. The Morgan fingerprint density at radius 2 is 1.96 bits per heavy atom. The van der Waals surface area contributed by atoms with Crippen LogP contribution in [0, 0.1) is 12.7 Å². The van der Waals surface area contributed by atoms with E-state index in [1.54, 1.807) is 17.0 Å². The van der Waals surface area contributed by atoms with Crippen molar-refractivity contribution in [1.29, 1.82) is 0 Å². The van der Waals surface area contributed by atoms with Crippen LogP contribution in [0.1, 0.15) is 42.8 Å². The average Bonchev–Trinajstić information content (AvgIpc) is 2.99. The van der Waals surface area contributed by atoms with Crippen LogP contribution in [0.25, 0.3) is 0 Å². The number of rotatable bonds is 6. The summed E-state index contributed by atoms with van der Waals surface area (Å²) in [6, 6.07) is 10.7. The molecule has 0 bridgehead atoms. The van der Waals surface area contributed by atoms with E-state index in [1.165, 1.54) is 6.07 Å². The summed E-state index contributed by atoms with van der Waals surface area (Å²) in [5.41, 5.74) is 0.580. The zero-order valence-electron chi connectivity index (χ0n) is 15.6. The lowest BCUT2D eigenvalue weighted by Gasteiger charge is -2.23. The van der Waals surface area contributed by atoms with Crippen LogP contribution in [0.5, 0.6) is 0 Å². The molecule has 1 unspecified atom stereocenters. The number of halogens is 1. The molecular weight excluding hydrogens is 331 g/mol. The van der Waals surface area contributed by atoms with Crippen molar-refractivity contribution in [2.24, 2.45) is 0 Å². The maximum absolute atomic E-state index is 13.9. The monoisotopic (exact) mass is 358 g/mol. The van der Waals surface area contributed by atoms with E-state index in [9.17, 15) is 9.18 Å². The van der Waals surface area contributed by atoms with Gasteiger partial charge in [0, 0.05) is 44.1 Å². The molecule has 1 aliphatic heterocycles. The third-order valence-corrected chi connectivity index (χ3v) is 5.12. The molecule has 4 nitrogen and oxygen atoms in total. The number of hydrogen-bond donors (Lipinski definition) is 0. The summed E-state index contributed by atoms with van der Waals surface area (Å²) in [6.07, 6.45) is 1.48. The minimum Gasteiger partial charge on any atom is -0.466 e. The van der Waals surface area contributed by atoms with E-state index in [1.807, 2.05) is 25.1 Å². The quantitative estimate of drug-likeness (QED) is 0.784. The summed E-state index contributed by atoms with van der Waals surface area (Å²) in [7, 11) is 0. The Labute approximate surface area is 154 Å². The van der Waals surface area contributed by atoms with Gasteiger partial charge in [0.1, 0.15) is 17.3 Å². The molecule has 3 rings (SSSR count). The molecule has 2 aromatic rings. The van der Waals surface area contributed by atoms with Crippen LogP contribution in [0.3, 0.4) is 0 Å². The molecule has 1 atom stereocenters. The van der Waals surface area contributed by atoms with Crippen LogP contribution in [0.2, 0.25) is 0 Å². The Balaban J connectivity index is 1.52. The molecule has 0 N–H and O–H groups in total. The molecule has 1 saturated heterocycles. The van der Waals surface area contributed by atoms with E-state index in [-0.39, 0.29) is 11.7 Å². The molecule has 140 valence electrons. The first-order valence-corrected chi connectivity index (χ1v) is 9.33. The fraction of sp³-hybridized carbons (Fsp3) is 0.476. The molecule has 0 saturated carbocycles. The Kier molecular flexibility index (Phi) is 6.09. The normalized spacial score (nSPS) is 17.3. The number of aryl methyl sites for hydroxylation is 1. The number of hydrogen-bond acceptors (Lipinski definition) is 3. The second kappa shape index (κ2) is 8.49. The van der Waals surface area contributed by atoms with Gasteiger partial charge in [-0.2, -0.15) is 0 Å². The molecule has 1 fully saturated rings. The third-order valence-electron chi connectivity index (χ3n) is 5.12. The number of amides is 1. The number of furan rings is 1. The van der Waals surface area contributed by atoms with Crippen LogP contribution >= 0.6 is 0 Å².